The average Bonchev–Trinajstić information content (AvgIpc) is 3.23. The van der Waals surface area contributed by atoms with Crippen LogP contribution in [-0.4, -0.2) is 22.9 Å². The van der Waals surface area contributed by atoms with E-state index >= 15 is 0 Å². The van der Waals surface area contributed by atoms with Gasteiger partial charge in [-0.15, -0.1) is 0 Å². The molecule has 4 aliphatic carbocycles. The first-order valence-corrected chi connectivity index (χ1v) is 14.6. The fourth-order valence-corrected chi connectivity index (χ4v) is 7.92. The van der Waals surface area contributed by atoms with Gasteiger partial charge in [0.2, 0.25) is 0 Å². The second kappa shape index (κ2) is 12.4. The van der Waals surface area contributed by atoms with Gasteiger partial charge in [0.15, 0.2) is 0 Å². The lowest BCUT2D eigenvalue weighted by Gasteiger charge is -2.54. The molecule has 0 heterocycles. The quantitative estimate of drug-likeness (QED) is 0.363. The van der Waals surface area contributed by atoms with E-state index in [-0.39, 0.29) is 0 Å². The van der Waals surface area contributed by atoms with Gasteiger partial charge in [-0.2, -0.15) is 0 Å². The SMILES string of the molecule is CC.CCC(O)(CC)CCC[C@@H](C)C1=CCC2C3=CC=C4CCCCC4(C)C3CCC12C.CO. The number of hydrogen-bond donors (Lipinski definition) is 2. The van der Waals surface area contributed by atoms with E-state index in [4.69, 9.17) is 5.11 Å². The van der Waals surface area contributed by atoms with Gasteiger partial charge < -0.3 is 10.2 Å². The summed E-state index contributed by atoms with van der Waals surface area (Å²) in [5.41, 5.74) is 5.66. The van der Waals surface area contributed by atoms with Gasteiger partial charge >= 0.3 is 0 Å². The number of aliphatic hydroxyl groups excluding tert-OH is 1. The Balaban J connectivity index is 0.000000970. The molecule has 0 spiro atoms. The minimum Gasteiger partial charge on any atom is -0.400 e. The Labute approximate surface area is 212 Å². The van der Waals surface area contributed by atoms with Gasteiger partial charge in [-0.05, 0) is 92.8 Å². The molecule has 2 nitrogen and oxygen atoms in total. The third-order valence-corrected chi connectivity index (χ3v) is 10.3. The maximum atomic E-state index is 10.7. The molecule has 0 saturated heterocycles. The summed E-state index contributed by atoms with van der Waals surface area (Å²) >= 11 is 0. The van der Waals surface area contributed by atoms with Crippen molar-refractivity contribution in [2.24, 2.45) is 28.6 Å². The van der Waals surface area contributed by atoms with Crippen molar-refractivity contribution in [2.75, 3.05) is 7.11 Å². The molecule has 0 amide bonds. The minimum atomic E-state index is -0.444. The Morgan fingerprint density at radius 1 is 1.00 bits per heavy atom. The van der Waals surface area contributed by atoms with Gasteiger partial charge in [-0.25, -0.2) is 0 Å². The van der Waals surface area contributed by atoms with E-state index in [9.17, 15) is 5.11 Å². The number of rotatable bonds is 7. The Hall–Kier alpha value is -0.860. The highest BCUT2D eigenvalue weighted by Crippen LogP contribution is 2.64. The maximum Gasteiger partial charge on any atom is 0.0642 e. The molecule has 0 aliphatic heterocycles. The molecule has 196 valence electrons. The Bertz CT molecular complexity index is 740. The lowest BCUT2D eigenvalue weighted by Crippen LogP contribution is -2.44. The van der Waals surface area contributed by atoms with Crippen molar-refractivity contribution in [2.45, 2.75) is 131 Å². The highest BCUT2D eigenvalue weighted by Gasteiger charge is 2.53. The third kappa shape index (κ3) is 5.44. The zero-order valence-electron chi connectivity index (χ0n) is 23.8. The van der Waals surface area contributed by atoms with Crippen molar-refractivity contribution in [1.82, 2.24) is 0 Å². The number of allylic oxidation sites excluding steroid dienone is 6. The number of aliphatic hydroxyl groups is 2. The molecule has 4 unspecified atom stereocenters. The van der Waals surface area contributed by atoms with Gasteiger partial charge in [0.05, 0.1) is 5.60 Å². The Morgan fingerprint density at radius 3 is 2.32 bits per heavy atom. The Kier molecular flexibility index (Phi) is 10.7. The Morgan fingerprint density at radius 2 is 1.68 bits per heavy atom. The molecule has 4 aliphatic rings. The van der Waals surface area contributed by atoms with Crippen molar-refractivity contribution in [3.8, 4) is 0 Å². The highest BCUT2D eigenvalue weighted by atomic mass is 16.3. The van der Waals surface area contributed by atoms with E-state index in [0.717, 1.165) is 44.6 Å². The van der Waals surface area contributed by atoms with Gasteiger partial charge in [-0.1, -0.05) is 96.3 Å². The topological polar surface area (TPSA) is 40.5 Å². The molecule has 2 saturated carbocycles. The van der Waals surface area contributed by atoms with Crippen LogP contribution in [-0.2, 0) is 0 Å². The summed E-state index contributed by atoms with van der Waals surface area (Å²) in [5.74, 6) is 2.17. The number of hydrogen-bond acceptors (Lipinski definition) is 2. The summed E-state index contributed by atoms with van der Waals surface area (Å²) in [6, 6.07) is 0. The van der Waals surface area contributed by atoms with Crippen molar-refractivity contribution in [1.29, 1.82) is 0 Å². The summed E-state index contributed by atoms with van der Waals surface area (Å²) in [6.45, 7) is 15.9. The summed E-state index contributed by atoms with van der Waals surface area (Å²) in [6.07, 6.45) is 22.4. The molecule has 0 radical (unpaired) electrons. The average molecular weight is 473 g/mol. The van der Waals surface area contributed by atoms with Gasteiger partial charge in [0, 0.05) is 7.11 Å². The van der Waals surface area contributed by atoms with E-state index in [1.165, 1.54) is 51.4 Å². The van der Waals surface area contributed by atoms with Crippen molar-refractivity contribution >= 4 is 0 Å². The first kappa shape index (κ1) is 29.4. The molecule has 2 heteroatoms. The summed E-state index contributed by atoms with van der Waals surface area (Å²) in [4.78, 5) is 0. The van der Waals surface area contributed by atoms with Crippen LogP contribution in [0.15, 0.2) is 34.9 Å². The van der Waals surface area contributed by atoms with Crippen LogP contribution < -0.4 is 0 Å². The predicted octanol–water partition coefficient (Wildman–Crippen LogP) is 8.79. The summed E-state index contributed by atoms with van der Waals surface area (Å²) in [5, 5.41) is 17.7. The molecular formula is C32H56O2. The maximum absolute atomic E-state index is 10.7. The highest BCUT2D eigenvalue weighted by molar-refractivity contribution is 5.42. The van der Waals surface area contributed by atoms with Gasteiger partial charge in [0.1, 0.15) is 0 Å². The number of fused-ring (bicyclic) bond motifs is 5. The first-order valence-electron chi connectivity index (χ1n) is 14.6. The van der Waals surface area contributed by atoms with E-state index in [1.807, 2.05) is 13.8 Å². The van der Waals surface area contributed by atoms with Crippen LogP contribution in [0, 0.1) is 28.6 Å². The zero-order valence-corrected chi connectivity index (χ0v) is 23.8. The van der Waals surface area contributed by atoms with Crippen LogP contribution in [0.1, 0.15) is 126 Å². The van der Waals surface area contributed by atoms with Crippen LogP contribution in [0.4, 0.5) is 0 Å². The molecule has 0 aromatic heterocycles. The van der Waals surface area contributed by atoms with Crippen molar-refractivity contribution in [3.63, 3.8) is 0 Å². The first-order chi connectivity index (χ1) is 16.3. The smallest absolute Gasteiger partial charge is 0.0642 e. The minimum absolute atomic E-state index is 0.365. The monoisotopic (exact) mass is 472 g/mol. The molecule has 2 fully saturated rings. The summed E-state index contributed by atoms with van der Waals surface area (Å²) < 4.78 is 0. The van der Waals surface area contributed by atoms with E-state index in [0.29, 0.717) is 16.7 Å². The van der Waals surface area contributed by atoms with Crippen LogP contribution in [0.5, 0.6) is 0 Å². The fraction of sp³-hybridized carbons (Fsp3) is 0.812. The second-order valence-electron chi connectivity index (χ2n) is 11.7. The molecule has 0 aromatic rings. The third-order valence-electron chi connectivity index (χ3n) is 10.3. The molecule has 2 N–H and O–H groups in total. The van der Waals surface area contributed by atoms with Crippen molar-refractivity contribution < 1.29 is 10.2 Å². The molecule has 0 aromatic carbocycles. The molecule has 34 heavy (non-hydrogen) atoms. The molecule has 4 rings (SSSR count). The molecular weight excluding hydrogens is 416 g/mol. The van der Waals surface area contributed by atoms with Crippen LogP contribution in [0.2, 0.25) is 0 Å². The van der Waals surface area contributed by atoms with Crippen LogP contribution >= 0.6 is 0 Å². The van der Waals surface area contributed by atoms with E-state index in [1.54, 1.807) is 16.7 Å². The molecule has 5 atom stereocenters. The van der Waals surface area contributed by atoms with Crippen LogP contribution in [0.25, 0.3) is 0 Å². The largest absolute Gasteiger partial charge is 0.400 e. The van der Waals surface area contributed by atoms with Gasteiger partial charge in [0.25, 0.3) is 0 Å². The standard InChI is InChI=1S/C29H46O.C2H6.CH4O/c1-6-29(30,7-2)19-10-11-21(3)24-15-16-25-23-14-13-22-12-8-9-18-27(22,4)26(23)17-20-28(24,25)5;2*1-2/h13-15,21,25-26,30H,6-12,16-20H2,1-5H3;1-2H3;2H,1H3/t21-,25?,26?,27?,28?;;/m1../s1. The lowest BCUT2D eigenvalue weighted by molar-refractivity contribution is 0.0204. The lowest BCUT2D eigenvalue weighted by atomic mass is 9.50. The summed E-state index contributed by atoms with van der Waals surface area (Å²) in [7, 11) is 1.00. The van der Waals surface area contributed by atoms with Crippen molar-refractivity contribution in [3.05, 3.63) is 34.9 Å². The van der Waals surface area contributed by atoms with Crippen LogP contribution in [0.3, 0.4) is 0 Å². The van der Waals surface area contributed by atoms with E-state index < -0.39 is 5.60 Å². The van der Waals surface area contributed by atoms with Gasteiger partial charge in [-0.3, -0.25) is 0 Å². The zero-order chi connectivity index (χ0) is 25.6. The second-order valence-corrected chi connectivity index (χ2v) is 11.7. The molecule has 0 bridgehead atoms. The normalized spacial score (nSPS) is 32.8. The predicted molar refractivity (Wildman–Crippen MR) is 148 cm³/mol. The fourth-order valence-electron chi connectivity index (χ4n) is 7.92. The van der Waals surface area contributed by atoms with E-state index in [2.05, 4.69) is 52.8 Å².